The van der Waals surface area contributed by atoms with Crippen molar-refractivity contribution in [2.45, 2.75) is 58.8 Å². The van der Waals surface area contributed by atoms with Gasteiger partial charge in [-0.2, -0.15) is 0 Å². The molecule has 1 aliphatic heterocycles. The van der Waals surface area contributed by atoms with Crippen LogP contribution in [0.5, 0.6) is 0 Å². The first-order valence-electron chi connectivity index (χ1n) is 11.8. The molecule has 1 aromatic carbocycles. The van der Waals surface area contributed by atoms with Gasteiger partial charge in [-0.25, -0.2) is 9.97 Å². The SMILES string of the molecule is CC(=O)N1CCC[C@@H]1c1nc(CN(C)Cc2cn(C(C)C)c3ccccc23)cc(N(C)C)n1. The second kappa shape index (κ2) is 9.51. The number of fused-ring (bicyclic) bond motifs is 1. The van der Waals surface area contributed by atoms with E-state index in [0.29, 0.717) is 12.6 Å². The van der Waals surface area contributed by atoms with Crippen LogP contribution in [0, 0.1) is 0 Å². The van der Waals surface area contributed by atoms with Crippen molar-refractivity contribution in [3.63, 3.8) is 0 Å². The van der Waals surface area contributed by atoms with Crippen molar-refractivity contribution in [2.75, 3.05) is 32.6 Å². The van der Waals surface area contributed by atoms with Gasteiger partial charge in [0, 0.05) is 69.9 Å². The highest BCUT2D eigenvalue weighted by Gasteiger charge is 2.30. The highest BCUT2D eigenvalue weighted by atomic mass is 16.2. The second-order valence-electron chi connectivity index (χ2n) is 9.69. The van der Waals surface area contributed by atoms with Gasteiger partial charge in [-0.1, -0.05) is 18.2 Å². The Morgan fingerprint density at radius 2 is 1.91 bits per heavy atom. The van der Waals surface area contributed by atoms with E-state index in [1.807, 2.05) is 23.9 Å². The summed E-state index contributed by atoms with van der Waals surface area (Å²) in [5.41, 5.74) is 3.58. The van der Waals surface area contributed by atoms with Gasteiger partial charge in [-0.15, -0.1) is 0 Å². The number of likely N-dealkylation sites (tertiary alicyclic amines) is 1. The fourth-order valence-corrected chi connectivity index (χ4v) is 4.83. The molecule has 7 nitrogen and oxygen atoms in total. The van der Waals surface area contributed by atoms with E-state index < -0.39 is 0 Å². The quantitative estimate of drug-likeness (QED) is 0.536. The number of rotatable bonds is 7. The molecule has 0 spiro atoms. The summed E-state index contributed by atoms with van der Waals surface area (Å²) >= 11 is 0. The minimum atomic E-state index is -0.0320. The van der Waals surface area contributed by atoms with Crippen molar-refractivity contribution in [2.24, 2.45) is 0 Å². The maximum atomic E-state index is 12.1. The van der Waals surface area contributed by atoms with Crippen LogP contribution in [0.1, 0.15) is 62.8 Å². The second-order valence-corrected chi connectivity index (χ2v) is 9.69. The minimum absolute atomic E-state index is 0.0320. The molecule has 4 rings (SSSR count). The van der Waals surface area contributed by atoms with Crippen molar-refractivity contribution in [1.29, 1.82) is 0 Å². The van der Waals surface area contributed by atoms with Crippen LogP contribution in [-0.2, 0) is 17.9 Å². The maximum absolute atomic E-state index is 12.1. The fourth-order valence-electron chi connectivity index (χ4n) is 4.83. The lowest BCUT2D eigenvalue weighted by Gasteiger charge is -2.24. The zero-order chi connectivity index (χ0) is 23.7. The predicted molar refractivity (Wildman–Crippen MR) is 133 cm³/mol. The normalized spacial score (nSPS) is 16.4. The number of aromatic nitrogens is 3. The molecule has 2 aromatic heterocycles. The number of carbonyl (C=O) groups excluding carboxylic acids is 1. The first-order chi connectivity index (χ1) is 15.7. The van der Waals surface area contributed by atoms with Gasteiger partial charge in [0.15, 0.2) is 5.82 Å². The van der Waals surface area contributed by atoms with Crippen molar-refractivity contribution >= 4 is 22.6 Å². The molecular weight excluding hydrogens is 412 g/mol. The minimum Gasteiger partial charge on any atom is -0.363 e. The first-order valence-corrected chi connectivity index (χ1v) is 11.8. The molecule has 3 heterocycles. The Morgan fingerprint density at radius 1 is 1.15 bits per heavy atom. The van der Waals surface area contributed by atoms with Gasteiger partial charge < -0.3 is 14.4 Å². The van der Waals surface area contributed by atoms with E-state index in [-0.39, 0.29) is 11.9 Å². The number of hydrogen-bond acceptors (Lipinski definition) is 5. The lowest BCUT2D eigenvalue weighted by molar-refractivity contribution is -0.129. The Bertz CT molecular complexity index is 1140. The third-order valence-electron chi connectivity index (χ3n) is 6.45. The van der Waals surface area contributed by atoms with Gasteiger partial charge in [-0.05, 0) is 45.4 Å². The summed E-state index contributed by atoms with van der Waals surface area (Å²) in [4.78, 5) is 28.1. The van der Waals surface area contributed by atoms with Gasteiger partial charge in [0.05, 0.1) is 11.7 Å². The lowest BCUT2D eigenvalue weighted by Crippen LogP contribution is -2.30. The predicted octanol–water partition coefficient (Wildman–Crippen LogP) is 4.39. The molecule has 176 valence electrons. The van der Waals surface area contributed by atoms with E-state index in [0.717, 1.165) is 43.3 Å². The van der Waals surface area contributed by atoms with Gasteiger partial charge in [0.2, 0.25) is 5.91 Å². The van der Waals surface area contributed by atoms with Crippen molar-refractivity contribution in [3.8, 4) is 0 Å². The summed E-state index contributed by atoms with van der Waals surface area (Å²) in [7, 11) is 6.13. The number of benzene rings is 1. The average Bonchev–Trinajstić information content (AvgIpc) is 3.39. The summed E-state index contributed by atoms with van der Waals surface area (Å²) in [6, 6.07) is 11.1. The summed E-state index contributed by atoms with van der Waals surface area (Å²) in [6.45, 7) is 8.41. The number of nitrogens with zero attached hydrogens (tertiary/aromatic N) is 6. The highest BCUT2D eigenvalue weighted by molar-refractivity contribution is 5.84. The van der Waals surface area contributed by atoms with Gasteiger partial charge >= 0.3 is 0 Å². The summed E-state index contributed by atoms with van der Waals surface area (Å²) in [5, 5.41) is 1.30. The Balaban J connectivity index is 1.59. The summed E-state index contributed by atoms with van der Waals surface area (Å²) < 4.78 is 2.35. The molecule has 0 bridgehead atoms. The zero-order valence-corrected chi connectivity index (χ0v) is 20.7. The number of anilines is 1. The standard InChI is InChI=1S/C26H36N6O/c1-18(2)32-16-20(22-10-7-8-11-23(22)32)15-30(6)17-21-14-25(29(4)5)28-26(27-21)24-12-9-13-31(24)19(3)33/h7-8,10-11,14,16,18,24H,9,12-13,15,17H2,1-6H3/t24-/m1/s1. The lowest BCUT2D eigenvalue weighted by atomic mass is 10.1. The van der Waals surface area contributed by atoms with E-state index in [1.54, 1.807) is 6.92 Å². The van der Waals surface area contributed by atoms with Crippen molar-refractivity contribution in [3.05, 3.63) is 53.6 Å². The molecule has 0 N–H and O–H groups in total. The Kier molecular flexibility index (Phi) is 6.70. The molecule has 0 unspecified atom stereocenters. The van der Waals surface area contributed by atoms with E-state index in [2.05, 4.69) is 66.9 Å². The Labute approximate surface area is 197 Å². The van der Waals surface area contributed by atoms with Crippen molar-refractivity contribution in [1.82, 2.24) is 24.3 Å². The molecule has 7 heteroatoms. The number of carbonyl (C=O) groups is 1. The first kappa shape index (κ1) is 23.2. The van der Waals surface area contributed by atoms with Crippen LogP contribution in [-0.4, -0.2) is 57.9 Å². The molecule has 1 saturated heterocycles. The van der Waals surface area contributed by atoms with Gasteiger partial charge in [0.1, 0.15) is 5.82 Å². The highest BCUT2D eigenvalue weighted by Crippen LogP contribution is 2.31. The van der Waals surface area contributed by atoms with Crippen LogP contribution in [0.15, 0.2) is 36.5 Å². The van der Waals surface area contributed by atoms with E-state index in [1.165, 1.54) is 16.5 Å². The summed E-state index contributed by atoms with van der Waals surface area (Å²) in [5.74, 6) is 1.74. The monoisotopic (exact) mass is 448 g/mol. The number of hydrogen-bond donors (Lipinski definition) is 0. The van der Waals surface area contributed by atoms with E-state index in [9.17, 15) is 4.79 Å². The van der Waals surface area contributed by atoms with Crippen LogP contribution >= 0.6 is 0 Å². The molecule has 33 heavy (non-hydrogen) atoms. The van der Waals surface area contributed by atoms with E-state index >= 15 is 0 Å². The number of para-hydroxylation sites is 1. The van der Waals surface area contributed by atoms with Crippen LogP contribution < -0.4 is 4.90 Å². The Morgan fingerprint density at radius 3 is 2.61 bits per heavy atom. The van der Waals surface area contributed by atoms with Crippen LogP contribution in [0.25, 0.3) is 10.9 Å². The van der Waals surface area contributed by atoms with Crippen molar-refractivity contribution < 1.29 is 4.79 Å². The van der Waals surface area contributed by atoms with Gasteiger partial charge in [0.25, 0.3) is 0 Å². The third kappa shape index (κ3) is 4.88. The zero-order valence-electron chi connectivity index (χ0n) is 20.7. The molecule has 3 aromatic rings. The molecule has 1 atom stereocenters. The molecular formula is C26H36N6O. The maximum Gasteiger partial charge on any atom is 0.220 e. The smallest absolute Gasteiger partial charge is 0.220 e. The van der Waals surface area contributed by atoms with Crippen LogP contribution in [0.3, 0.4) is 0 Å². The molecule has 0 saturated carbocycles. The fraction of sp³-hybridized carbons (Fsp3) is 0.500. The third-order valence-corrected chi connectivity index (χ3v) is 6.45. The molecule has 1 aliphatic rings. The molecule has 0 radical (unpaired) electrons. The van der Waals surface area contributed by atoms with Crippen LogP contribution in [0.2, 0.25) is 0 Å². The van der Waals surface area contributed by atoms with Gasteiger partial charge in [-0.3, -0.25) is 9.69 Å². The number of amides is 1. The molecule has 1 fully saturated rings. The van der Waals surface area contributed by atoms with Crippen LogP contribution in [0.4, 0.5) is 5.82 Å². The Hall–Kier alpha value is -2.93. The average molecular weight is 449 g/mol. The largest absolute Gasteiger partial charge is 0.363 e. The van der Waals surface area contributed by atoms with E-state index in [4.69, 9.17) is 9.97 Å². The molecule has 0 aliphatic carbocycles. The molecule has 1 amide bonds. The topological polar surface area (TPSA) is 57.5 Å². The summed E-state index contributed by atoms with van der Waals surface area (Å²) in [6.07, 6.45) is 4.20.